The number of morpholine rings is 1. The van der Waals surface area contributed by atoms with Crippen LogP contribution in [0.2, 0.25) is 0 Å². The molecule has 0 unspecified atom stereocenters. The van der Waals surface area contributed by atoms with Crippen molar-refractivity contribution < 1.29 is 22.7 Å². The molecular formula is C28H23F3N6O2. The molecule has 1 aliphatic rings. The van der Waals surface area contributed by atoms with E-state index in [2.05, 4.69) is 38.6 Å². The number of H-pyrrole nitrogens is 1. The van der Waals surface area contributed by atoms with Crippen LogP contribution in [0.3, 0.4) is 0 Å². The summed E-state index contributed by atoms with van der Waals surface area (Å²) in [6.45, 7) is 6.54. The van der Waals surface area contributed by atoms with Crippen LogP contribution in [0.4, 0.5) is 19.0 Å². The summed E-state index contributed by atoms with van der Waals surface area (Å²) in [6.07, 6.45) is -1.65. The van der Waals surface area contributed by atoms with Crippen molar-refractivity contribution in [1.82, 2.24) is 24.5 Å². The van der Waals surface area contributed by atoms with Gasteiger partial charge in [-0.3, -0.25) is 4.79 Å². The smallest absolute Gasteiger partial charge is 0.378 e. The van der Waals surface area contributed by atoms with Crippen LogP contribution in [0.25, 0.3) is 22.5 Å². The van der Waals surface area contributed by atoms with Gasteiger partial charge in [-0.25, -0.2) is 14.5 Å². The SMILES string of the molecule is C=Nc1[nH]ccc1/C(C#Cc1cnc2ccc(-c3ccc(C(=O)N4CCOCC4)cc3)nn12)=C(\C)C(F)(F)F. The van der Waals surface area contributed by atoms with E-state index in [1.807, 2.05) is 0 Å². The van der Waals surface area contributed by atoms with Gasteiger partial charge in [0.2, 0.25) is 0 Å². The zero-order chi connectivity index (χ0) is 27.6. The fourth-order valence-corrected chi connectivity index (χ4v) is 4.17. The number of rotatable bonds is 4. The molecule has 1 amide bonds. The summed E-state index contributed by atoms with van der Waals surface area (Å²) in [4.78, 5) is 25.3. The van der Waals surface area contributed by atoms with Gasteiger partial charge < -0.3 is 14.6 Å². The van der Waals surface area contributed by atoms with E-state index in [4.69, 9.17) is 4.74 Å². The second-order valence-electron chi connectivity index (χ2n) is 8.76. The highest BCUT2D eigenvalue weighted by Crippen LogP contribution is 2.35. The van der Waals surface area contributed by atoms with E-state index in [1.54, 1.807) is 41.3 Å². The maximum atomic E-state index is 13.6. The number of ether oxygens (including phenoxy) is 1. The molecule has 0 spiro atoms. The summed E-state index contributed by atoms with van der Waals surface area (Å²) in [6, 6.07) is 12.1. The Morgan fingerprint density at radius 3 is 2.56 bits per heavy atom. The molecule has 0 radical (unpaired) electrons. The van der Waals surface area contributed by atoms with Crippen LogP contribution in [-0.2, 0) is 4.74 Å². The van der Waals surface area contributed by atoms with Gasteiger partial charge in [-0.15, -0.1) is 0 Å². The number of nitrogens with one attached hydrogen (secondary N) is 1. The topological polar surface area (TPSA) is 87.9 Å². The number of aromatic nitrogens is 4. The number of benzene rings is 1. The predicted octanol–water partition coefficient (Wildman–Crippen LogP) is 4.92. The fourth-order valence-electron chi connectivity index (χ4n) is 4.17. The zero-order valence-electron chi connectivity index (χ0n) is 20.9. The Kier molecular flexibility index (Phi) is 7.04. The van der Waals surface area contributed by atoms with Gasteiger partial charge in [0.15, 0.2) is 5.65 Å². The molecule has 1 fully saturated rings. The highest BCUT2D eigenvalue weighted by molar-refractivity contribution is 5.94. The Hall–Kier alpha value is -4.69. The predicted molar refractivity (Wildman–Crippen MR) is 141 cm³/mol. The lowest BCUT2D eigenvalue weighted by atomic mass is 10.0. The van der Waals surface area contributed by atoms with Crippen LogP contribution in [0.1, 0.15) is 28.5 Å². The number of halogens is 3. The summed E-state index contributed by atoms with van der Waals surface area (Å²) in [5, 5.41) is 4.60. The van der Waals surface area contributed by atoms with E-state index in [9.17, 15) is 18.0 Å². The summed E-state index contributed by atoms with van der Waals surface area (Å²) in [7, 11) is 0. The van der Waals surface area contributed by atoms with Crippen molar-refractivity contribution in [1.29, 1.82) is 0 Å². The number of nitrogens with zero attached hydrogens (tertiary/aromatic N) is 5. The highest BCUT2D eigenvalue weighted by Gasteiger charge is 2.33. The fraction of sp³-hybridized carbons (Fsp3) is 0.214. The summed E-state index contributed by atoms with van der Waals surface area (Å²) in [5.74, 6) is 5.58. The van der Waals surface area contributed by atoms with Gasteiger partial charge in [0.05, 0.1) is 25.1 Å². The van der Waals surface area contributed by atoms with Crippen molar-refractivity contribution in [3.63, 3.8) is 0 Å². The van der Waals surface area contributed by atoms with Crippen LogP contribution in [0.5, 0.6) is 0 Å². The van der Waals surface area contributed by atoms with E-state index in [-0.39, 0.29) is 22.9 Å². The van der Waals surface area contributed by atoms with Gasteiger partial charge >= 0.3 is 6.18 Å². The molecule has 11 heteroatoms. The monoisotopic (exact) mass is 532 g/mol. The zero-order valence-corrected chi connectivity index (χ0v) is 20.9. The summed E-state index contributed by atoms with van der Waals surface area (Å²) >= 11 is 0. The molecule has 1 saturated heterocycles. The Balaban J connectivity index is 1.48. The number of alkyl halides is 3. The molecule has 8 nitrogen and oxygen atoms in total. The second kappa shape index (κ2) is 10.6. The van der Waals surface area contributed by atoms with E-state index in [0.29, 0.717) is 48.9 Å². The maximum absolute atomic E-state index is 13.6. The Labute approximate surface area is 221 Å². The van der Waals surface area contributed by atoms with Gasteiger partial charge in [0, 0.05) is 47.1 Å². The van der Waals surface area contributed by atoms with E-state index in [0.717, 1.165) is 12.5 Å². The average Bonchev–Trinajstić information content (AvgIpc) is 3.59. The van der Waals surface area contributed by atoms with Gasteiger partial charge in [0.1, 0.15) is 11.5 Å². The number of hydrogen-bond acceptors (Lipinski definition) is 5. The summed E-state index contributed by atoms with van der Waals surface area (Å²) < 4.78 is 47.7. The van der Waals surface area contributed by atoms with Crippen molar-refractivity contribution in [2.45, 2.75) is 13.1 Å². The van der Waals surface area contributed by atoms with Gasteiger partial charge in [-0.1, -0.05) is 18.1 Å². The van der Waals surface area contributed by atoms with Crippen molar-refractivity contribution in [2.24, 2.45) is 4.99 Å². The number of fused-ring (bicyclic) bond motifs is 1. The van der Waals surface area contributed by atoms with E-state index >= 15 is 0 Å². The largest absolute Gasteiger partial charge is 0.413 e. The lowest BCUT2D eigenvalue weighted by Gasteiger charge is -2.26. The minimum atomic E-state index is -4.58. The van der Waals surface area contributed by atoms with Gasteiger partial charge in [0.25, 0.3) is 5.91 Å². The Bertz CT molecular complexity index is 1630. The Morgan fingerprint density at radius 2 is 1.87 bits per heavy atom. The first-order chi connectivity index (χ1) is 18.8. The van der Waals surface area contributed by atoms with Crippen LogP contribution >= 0.6 is 0 Å². The maximum Gasteiger partial charge on any atom is 0.413 e. The molecule has 1 N–H and O–H groups in total. The number of imidazole rings is 1. The Morgan fingerprint density at radius 1 is 1.13 bits per heavy atom. The van der Waals surface area contributed by atoms with Crippen LogP contribution in [0.15, 0.2) is 65.4 Å². The van der Waals surface area contributed by atoms with Crippen LogP contribution in [-0.4, -0.2) is 69.6 Å². The molecule has 4 aromatic rings. The van der Waals surface area contributed by atoms with E-state index in [1.165, 1.54) is 23.0 Å². The molecule has 0 atom stereocenters. The molecule has 0 aliphatic carbocycles. The van der Waals surface area contributed by atoms with Crippen LogP contribution in [0, 0.1) is 11.8 Å². The molecule has 39 heavy (non-hydrogen) atoms. The number of hydrogen-bond donors (Lipinski definition) is 1. The molecule has 1 aliphatic heterocycles. The number of carbonyl (C=O) groups is 1. The van der Waals surface area contributed by atoms with Crippen molar-refractivity contribution in [3.8, 4) is 23.1 Å². The first kappa shape index (κ1) is 25.9. The number of allylic oxidation sites excluding steroid dienone is 2. The third-order valence-electron chi connectivity index (χ3n) is 6.36. The molecule has 1 aromatic carbocycles. The second-order valence-corrected chi connectivity index (χ2v) is 8.76. The summed E-state index contributed by atoms with van der Waals surface area (Å²) in [5.41, 5.74) is 1.81. The minimum Gasteiger partial charge on any atom is -0.378 e. The van der Waals surface area contributed by atoms with Crippen molar-refractivity contribution >= 4 is 29.7 Å². The molecule has 0 saturated carbocycles. The highest BCUT2D eigenvalue weighted by atomic mass is 19.4. The first-order valence-corrected chi connectivity index (χ1v) is 12.0. The van der Waals surface area contributed by atoms with Gasteiger partial charge in [-0.2, -0.15) is 18.3 Å². The third kappa shape index (κ3) is 5.32. The number of carbonyl (C=O) groups excluding carboxylic acids is 1. The van der Waals surface area contributed by atoms with Crippen LogP contribution < -0.4 is 0 Å². The molecule has 3 aromatic heterocycles. The molecule has 0 bridgehead atoms. The molecule has 4 heterocycles. The quantitative estimate of drug-likeness (QED) is 0.299. The molecule has 5 rings (SSSR count). The normalized spacial score (nSPS) is 14.5. The number of aromatic amines is 1. The lowest BCUT2D eigenvalue weighted by molar-refractivity contribution is -0.0906. The lowest BCUT2D eigenvalue weighted by Crippen LogP contribution is -2.40. The first-order valence-electron chi connectivity index (χ1n) is 12.0. The van der Waals surface area contributed by atoms with Gasteiger partial charge in [-0.05, 0) is 49.9 Å². The van der Waals surface area contributed by atoms with E-state index < -0.39 is 11.7 Å². The minimum absolute atomic E-state index is 0.0596. The average molecular weight is 533 g/mol. The standard InChI is InChI=1S/C28H23F3N6O2/c1-18(28(29,30)31)22(23-11-12-33-26(23)32-2)8-7-21-17-34-25-10-9-24(35-37(21)25)19-3-5-20(6-4-19)27(38)36-13-15-39-16-14-36/h3-6,9-12,17,33H,2,13-16H2,1H3/b22-18+. The number of amides is 1. The molecular weight excluding hydrogens is 509 g/mol. The van der Waals surface area contributed by atoms with Crippen molar-refractivity contribution in [3.05, 3.63) is 77.3 Å². The number of aliphatic imine (C=N–C) groups is 1. The van der Waals surface area contributed by atoms with Crippen molar-refractivity contribution in [2.75, 3.05) is 26.3 Å². The third-order valence-corrected chi connectivity index (χ3v) is 6.36. The molecule has 198 valence electrons.